The predicted octanol–water partition coefficient (Wildman–Crippen LogP) is 3.04. The second-order valence-electron chi connectivity index (χ2n) is 12.5. The molecule has 8 nitrogen and oxygen atoms in total. The van der Waals surface area contributed by atoms with E-state index in [9.17, 15) is 29.7 Å². The van der Waals surface area contributed by atoms with Gasteiger partial charge in [-0.05, 0) is 38.3 Å². The fourth-order valence-electron chi connectivity index (χ4n) is 7.58. The molecule has 4 rings (SSSR count). The maximum Gasteiger partial charge on any atom is 0.333 e. The van der Waals surface area contributed by atoms with Gasteiger partial charge in [-0.2, -0.15) is 0 Å². The van der Waals surface area contributed by atoms with E-state index in [1.165, 1.54) is 0 Å². The minimum atomic E-state index is -1.95. The number of aliphatic hydroxyl groups is 3. The first-order valence-electron chi connectivity index (χ1n) is 13.6. The highest BCUT2D eigenvalue weighted by Gasteiger charge is 2.88. The molecule has 9 atom stereocenters. The van der Waals surface area contributed by atoms with Crippen LogP contribution in [0.2, 0.25) is 0 Å². The average molecular weight is 531 g/mol. The van der Waals surface area contributed by atoms with Crippen LogP contribution in [0.25, 0.3) is 0 Å². The predicted molar refractivity (Wildman–Crippen MR) is 139 cm³/mol. The van der Waals surface area contributed by atoms with Crippen molar-refractivity contribution in [2.75, 3.05) is 6.61 Å². The van der Waals surface area contributed by atoms with Crippen molar-refractivity contribution < 1.29 is 39.2 Å². The van der Waals surface area contributed by atoms with E-state index < -0.39 is 76.3 Å². The molecular formula is C30H42O8. The van der Waals surface area contributed by atoms with Gasteiger partial charge in [0.05, 0.1) is 18.1 Å². The molecule has 210 valence electrons. The summed E-state index contributed by atoms with van der Waals surface area (Å²) in [5, 5.41) is 34.7. The highest BCUT2D eigenvalue weighted by Crippen LogP contribution is 2.77. The Bertz CT molecular complexity index is 1150. The van der Waals surface area contributed by atoms with E-state index in [1.807, 2.05) is 20.8 Å². The molecule has 2 saturated carbocycles. The summed E-state index contributed by atoms with van der Waals surface area (Å²) in [7, 11) is 0. The molecule has 4 unspecified atom stereocenters. The number of esters is 2. The molecule has 0 aliphatic heterocycles. The van der Waals surface area contributed by atoms with Crippen molar-refractivity contribution in [2.45, 2.75) is 91.1 Å². The van der Waals surface area contributed by atoms with Crippen molar-refractivity contribution in [3.63, 3.8) is 0 Å². The number of Topliss-reactive ketones (excluding diaryl/α,β-unsaturated/α-hetero) is 1. The van der Waals surface area contributed by atoms with E-state index in [1.54, 1.807) is 52.8 Å². The normalized spacial score (nSPS) is 42.0. The van der Waals surface area contributed by atoms with Crippen molar-refractivity contribution in [3.8, 4) is 0 Å². The molecule has 8 heteroatoms. The van der Waals surface area contributed by atoms with Crippen LogP contribution in [-0.4, -0.2) is 62.6 Å². The topological polar surface area (TPSA) is 130 Å². The first kappa shape index (κ1) is 28.7. The lowest BCUT2D eigenvalue weighted by atomic mass is 9.59. The van der Waals surface area contributed by atoms with Crippen LogP contribution in [0.1, 0.15) is 68.2 Å². The molecule has 0 aromatic carbocycles. The molecule has 0 aromatic rings. The van der Waals surface area contributed by atoms with Crippen LogP contribution in [0.3, 0.4) is 0 Å². The third kappa shape index (κ3) is 3.56. The van der Waals surface area contributed by atoms with Gasteiger partial charge < -0.3 is 24.8 Å². The molecule has 0 saturated heterocycles. The fourth-order valence-corrected chi connectivity index (χ4v) is 7.58. The molecule has 4 aliphatic rings. The number of rotatable bonds is 6. The number of carbonyl (C=O) groups is 3. The number of ketones is 1. The van der Waals surface area contributed by atoms with Gasteiger partial charge in [-0.15, -0.1) is 0 Å². The smallest absolute Gasteiger partial charge is 0.333 e. The molecule has 0 aromatic heterocycles. The molecule has 0 spiro atoms. The third-order valence-electron chi connectivity index (χ3n) is 10.2. The van der Waals surface area contributed by atoms with Gasteiger partial charge in [-0.1, -0.05) is 52.8 Å². The summed E-state index contributed by atoms with van der Waals surface area (Å²) in [6.45, 7) is 13.8. The SMILES string of the molecule is C/C=C(\C)C(=O)O[C@@H]1[C@@H](C)[C@@]2(O)C(C=C(CO)C[C@]3(O)C(=O)C(C)=CC23)C2C(C)(C)[C@@]21OC(=O)C(C)CC. The van der Waals surface area contributed by atoms with Gasteiger partial charge in [-0.25, -0.2) is 4.79 Å². The number of carbonyl (C=O) groups excluding carboxylic acids is 3. The Balaban J connectivity index is 1.95. The van der Waals surface area contributed by atoms with Gasteiger partial charge in [0.1, 0.15) is 11.7 Å². The highest BCUT2D eigenvalue weighted by molar-refractivity contribution is 6.04. The van der Waals surface area contributed by atoms with E-state index in [0.29, 0.717) is 23.1 Å². The fraction of sp³-hybridized carbons (Fsp3) is 0.700. The number of hydrogen-bond donors (Lipinski definition) is 3. The van der Waals surface area contributed by atoms with Crippen LogP contribution in [0.15, 0.2) is 34.9 Å². The molecule has 3 N–H and O–H groups in total. The van der Waals surface area contributed by atoms with Crippen LogP contribution in [0.5, 0.6) is 0 Å². The lowest BCUT2D eigenvalue weighted by Gasteiger charge is -2.53. The molecule has 0 amide bonds. The van der Waals surface area contributed by atoms with Crippen LogP contribution in [0, 0.1) is 35.0 Å². The van der Waals surface area contributed by atoms with Crippen molar-refractivity contribution in [1.82, 2.24) is 0 Å². The lowest BCUT2D eigenvalue weighted by Crippen LogP contribution is -2.66. The Morgan fingerprint density at radius 2 is 1.87 bits per heavy atom. The molecular weight excluding hydrogens is 488 g/mol. The molecule has 0 radical (unpaired) electrons. The Labute approximate surface area is 224 Å². The van der Waals surface area contributed by atoms with Crippen molar-refractivity contribution >= 4 is 17.7 Å². The summed E-state index contributed by atoms with van der Waals surface area (Å²) < 4.78 is 12.4. The minimum Gasteiger partial charge on any atom is -0.454 e. The van der Waals surface area contributed by atoms with E-state index in [-0.39, 0.29) is 12.3 Å². The quantitative estimate of drug-likeness (QED) is 0.271. The number of allylic oxidation sites excluding steroid dienone is 1. The average Bonchev–Trinajstić information content (AvgIpc) is 3.30. The Hall–Kier alpha value is -2.29. The van der Waals surface area contributed by atoms with Crippen molar-refractivity contribution in [2.24, 2.45) is 35.0 Å². The standard InChI is InChI=1S/C30H42O8/c1-9-15(3)25(33)37-24-18(6)29(36)20(22-27(7,8)30(22,24)38-26(34)16(4)10-2)12-19(14-31)13-28(35)21(29)11-17(5)23(28)32/h9,11-12,16,18,20-22,24,31,35-36H,10,13-14H2,1-8H3/b15-9+/t16?,18-,20?,21?,22?,24-,28-,29-,30-/m1/s1. The molecule has 0 bridgehead atoms. The molecule has 0 heterocycles. The summed E-state index contributed by atoms with van der Waals surface area (Å²) in [6, 6.07) is 0. The van der Waals surface area contributed by atoms with E-state index in [0.717, 1.165) is 0 Å². The maximum absolute atomic E-state index is 13.3. The van der Waals surface area contributed by atoms with Crippen LogP contribution in [0.4, 0.5) is 0 Å². The number of hydrogen-bond acceptors (Lipinski definition) is 8. The maximum atomic E-state index is 13.3. The zero-order valence-corrected chi connectivity index (χ0v) is 23.7. The number of ether oxygens (including phenoxy) is 2. The monoisotopic (exact) mass is 530 g/mol. The second-order valence-corrected chi connectivity index (χ2v) is 12.5. The van der Waals surface area contributed by atoms with Gasteiger partial charge in [0.25, 0.3) is 0 Å². The molecule has 2 fully saturated rings. The Morgan fingerprint density at radius 3 is 2.42 bits per heavy atom. The summed E-state index contributed by atoms with van der Waals surface area (Å²) >= 11 is 0. The van der Waals surface area contributed by atoms with E-state index in [2.05, 4.69) is 0 Å². The largest absolute Gasteiger partial charge is 0.454 e. The highest BCUT2D eigenvalue weighted by atomic mass is 16.6. The first-order valence-corrected chi connectivity index (χ1v) is 13.6. The number of aliphatic hydroxyl groups excluding tert-OH is 1. The van der Waals surface area contributed by atoms with Crippen LogP contribution in [-0.2, 0) is 23.9 Å². The molecule has 38 heavy (non-hydrogen) atoms. The van der Waals surface area contributed by atoms with E-state index >= 15 is 0 Å². The number of fused-ring (bicyclic) bond motifs is 5. The van der Waals surface area contributed by atoms with Gasteiger partial charge in [-0.3, -0.25) is 9.59 Å². The van der Waals surface area contributed by atoms with Crippen molar-refractivity contribution in [3.05, 3.63) is 34.9 Å². The van der Waals surface area contributed by atoms with Crippen molar-refractivity contribution in [1.29, 1.82) is 0 Å². The first-order chi connectivity index (χ1) is 17.6. The van der Waals surface area contributed by atoms with E-state index in [4.69, 9.17) is 9.47 Å². The lowest BCUT2D eigenvalue weighted by molar-refractivity contribution is -0.228. The summed E-state index contributed by atoms with van der Waals surface area (Å²) in [5.74, 6) is -4.91. The van der Waals surface area contributed by atoms with Gasteiger partial charge in [0, 0.05) is 41.1 Å². The minimum absolute atomic E-state index is 0.124. The van der Waals surface area contributed by atoms with Gasteiger partial charge >= 0.3 is 11.9 Å². The van der Waals surface area contributed by atoms with Crippen LogP contribution >= 0.6 is 0 Å². The molecule has 4 aliphatic carbocycles. The summed E-state index contributed by atoms with van der Waals surface area (Å²) in [4.78, 5) is 39.6. The second kappa shape index (κ2) is 9.14. The van der Waals surface area contributed by atoms with Gasteiger partial charge in [0.2, 0.25) is 0 Å². The van der Waals surface area contributed by atoms with Gasteiger partial charge in [0.15, 0.2) is 11.4 Å². The summed E-state index contributed by atoms with van der Waals surface area (Å²) in [6.07, 6.45) is 4.40. The summed E-state index contributed by atoms with van der Waals surface area (Å²) in [5.41, 5.74) is -4.51. The van der Waals surface area contributed by atoms with Crippen LogP contribution < -0.4 is 0 Å². The zero-order chi connectivity index (χ0) is 28.6. The zero-order valence-electron chi connectivity index (χ0n) is 23.7. The Kier molecular flexibility index (Phi) is 6.90. The Morgan fingerprint density at radius 1 is 1.24 bits per heavy atom. The third-order valence-corrected chi connectivity index (χ3v) is 10.2.